The van der Waals surface area contributed by atoms with E-state index in [4.69, 9.17) is 5.11 Å². The third kappa shape index (κ3) is 3.47. The average molecular weight is 279 g/mol. The molecule has 3 amide bonds. The zero-order valence-corrected chi connectivity index (χ0v) is 11.5. The minimum atomic E-state index is -1.13. The third-order valence-corrected chi connectivity index (χ3v) is 2.78. The van der Waals surface area contributed by atoms with E-state index in [9.17, 15) is 14.4 Å². The second-order valence-corrected chi connectivity index (χ2v) is 4.17. The molecule has 0 aliphatic heterocycles. The van der Waals surface area contributed by atoms with Crippen LogP contribution in [-0.2, 0) is 4.79 Å². The van der Waals surface area contributed by atoms with Crippen molar-refractivity contribution in [1.82, 2.24) is 10.6 Å². The number of carboxylic acid groups (broad SMARTS) is 1. The van der Waals surface area contributed by atoms with Crippen LogP contribution in [0.25, 0.3) is 0 Å². The van der Waals surface area contributed by atoms with Crippen LogP contribution in [-0.4, -0.2) is 43.2 Å². The molecule has 1 aromatic rings. The van der Waals surface area contributed by atoms with Crippen molar-refractivity contribution in [2.75, 3.05) is 19.0 Å². The van der Waals surface area contributed by atoms with Gasteiger partial charge in [-0.15, -0.1) is 0 Å². The van der Waals surface area contributed by atoms with Crippen molar-refractivity contribution < 1.29 is 19.5 Å². The summed E-state index contributed by atoms with van der Waals surface area (Å²) in [7, 11) is 2.90. The third-order valence-electron chi connectivity index (χ3n) is 2.78. The van der Waals surface area contributed by atoms with Gasteiger partial charge < -0.3 is 15.7 Å². The fourth-order valence-corrected chi connectivity index (χ4v) is 1.62. The summed E-state index contributed by atoms with van der Waals surface area (Å²) >= 11 is 0. The molecule has 108 valence electrons. The zero-order valence-electron chi connectivity index (χ0n) is 11.5. The van der Waals surface area contributed by atoms with Crippen LogP contribution in [0.2, 0.25) is 0 Å². The number of carbonyl (C=O) groups excluding carboxylic acids is 2. The van der Waals surface area contributed by atoms with Crippen LogP contribution in [0.5, 0.6) is 0 Å². The van der Waals surface area contributed by atoms with E-state index in [2.05, 4.69) is 10.6 Å². The van der Waals surface area contributed by atoms with Gasteiger partial charge in [0.15, 0.2) is 0 Å². The summed E-state index contributed by atoms with van der Waals surface area (Å²) in [6, 6.07) is 4.86. The molecule has 0 fully saturated rings. The molecule has 1 unspecified atom stereocenters. The molecule has 0 aliphatic rings. The number of nitrogens with one attached hydrogen (secondary N) is 2. The first-order valence-corrected chi connectivity index (χ1v) is 5.96. The predicted molar refractivity (Wildman–Crippen MR) is 73.9 cm³/mol. The molecule has 1 atom stereocenters. The largest absolute Gasteiger partial charge is 0.478 e. The van der Waals surface area contributed by atoms with E-state index >= 15 is 0 Å². The topological polar surface area (TPSA) is 98.7 Å². The van der Waals surface area contributed by atoms with E-state index in [0.717, 1.165) is 4.90 Å². The molecule has 0 saturated carbocycles. The smallest absolute Gasteiger partial charge is 0.337 e. The molecule has 0 aliphatic carbocycles. The summed E-state index contributed by atoms with van der Waals surface area (Å²) in [5, 5.41) is 14.0. The molecule has 3 N–H and O–H groups in total. The quantitative estimate of drug-likeness (QED) is 0.754. The Kier molecular flexibility index (Phi) is 5.08. The molecule has 0 radical (unpaired) electrons. The molecular formula is C13H17N3O4. The lowest BCUT2D eigenvalue weighted by atomic mass is 10.1. The van der Waals surface area contributed by atoms with Crippen molar-refractivity contribution in [1.29, 1.82) is 0 Å². The van der Waals surface area contributed by atoms with Crippen LogP contribution in [0.4, 0.5) is 10.5 Å². The van der Waals surface area contributed by atoms with Crippen LogP contribution in [0.1, 0.15) is 17.3 Å². The average Bonchev–Trinajstić information content (AvgIpc) is 2.45. The van der Waals surface area contributed by atoms with Crippen molar-refractivity contribution in [3.8, 4) is 0 Å². The SMILES string of the molecule is CNC(=O)C(C)NC(=O)N(C)c1ccccc1C(=O)O. The van der Waals surface area contributed by atoms with Gasteiger partial charge in [0, 0.05) is 14.1 Å². The predicted octanol–water partition coefficient (Wildman–Crippen LogP) is 0.665. The lowest BCUT2D eigenvalue weighted by Crippen LogP contribution is -2.48. The number of likely N-dealkylation sites (N-methyl/N-ethyl adjacent to an activating group) is 1. The molecule has 0 saturated heterocycles. The van der Waals surface area contributed by atoms with E-state index in [1.807, 2.05) is 0 Å². The Morgan fingerprint density at radius 1 is 1.25 bits per heavy atom. The Labute approximate surface area is 116 Å². The molecule has 0 bridgehead atoms. The Bertz CT molecular complexity index is 530. The number of carbonyl (C=O) groups is 3. The molecule has 1 rings (SSSR count). The van der Waals surface area contributed by atoms with E-state index in [1.54, 1.807) is 12.1 Å². The molecule has 1 aromatic carbocycles. The van der Waals surface area contributed by atoms with Crippen molar-refractivity contribution in [3.63, 3.8) is 0 Å². The van der Waals surface area contributed by atoms with Gasteiger partial charge in [-0.3, -0.25) is 9.69 Å². The number of nitrogens with zero attached hydrogens (tertiary/aromatic N) is 1. The van der Waals surface area contributed by atoms with Gasteiger partial charge in [0.05, 0.1) is 11.3 Å². The highest BCUT2D eigenvalue weighted by Crippen LogP contribution is 2.19. The van der Waals surface area contributed by atoms with Crippen molar-refractivity contribution in [2.45, 2.75) is 13.0 Å². The molecule has 0 spiro atoms. The number of aromatic carboxylic acids is 1. The van der Waals surface area contributed by atoms with Crippen LogP contribution >= 0.6 is 0 Å². The summed E-state index contributed by atoms with van der Waals surface area (Å²) in [4.78, 5) is 35.6. The number of hydrogen-bond acceptors (Lipinski definition) is 3. The highest BCUT2D eigenvalue weighted by molar-refractivity contribution is 6.02. The van der Waals surface area contributed by atoms with Crippen molar-refractivity contribution in [3.05, 3.63) is 29.8 Å². The molecule has 7 nitrogen and oxygen atoms in total. The molecule has 0 heterocycles. The Morgan fingerprint density at radius 2 is 1.85 bits per heavy atom. The number of benzene rings is 1. The van der Waals surface area contributed by atoms with Crippen LogP contribution in [0.15, 0.2) is 24.3 Å². The van der Waals surface area contributed by atoms with Crippen molar-refractivity contribution >= 4 is 23.6 Å². The van der Waals surface area contributed by atoms with E-state index in [1.165, 1.54) is 33.2 Å². The number of anilines is 1. The maximum atomic E-state index is 12.0. The normalized spacial score (nSPS) is 11.3. The van der Waals surface area contributed by atoms with Gasteiger partial charge >= 0.3 is 12.0 Å². The monoisotopic (exact) mass is 279 g/mol. The molecule has 0 aromatic heterocycles. The van der Waals surface area contributed by atoms with Gasteiger partial charge in [0.25, 0.3) is 0 Å². The Hall–Kier alpha value is -2.57. The molecule has 7 heteroatoms. The van der Waals surface area contributed by atoms with Crippen LogP contribution in [0.3, 0.4) is 0 Å². The number of amides is 3. The second kappa shape index (κ2) is 6.55. The Balaban J connectivity index is 2.90. The fraction of sp³-hybridized carbons (Fsp3) is 0.308. The van der Waals surface area contributed by atoms with Gasteiger partial charge in [-0.25, -0.2) is 9.59 Å². The van der Waals surface area contributed by atoms with Gasteiger partial charge in [-0.1, -0.05) is 12.1 Å². The first-order chi connectivity index (χ1) is 9.38. The number of urea groups is 1. The summed E-state index contributed by atoms with van der Waals surface area (Å²) in [6.45, 7) is 1.54. The van der Waals surface area contributed by atoms with Crippen molar-refractivity contribution in [2.24, 2.45) is 0 Å². The standard InChI is InChI=1S/C13H17N3O4/c1-8(11(17)14-2)15-13(20)16(3)10-7-5-4-6-9(10)12(18)19/h4-8H,1-3H3,(H,14,17)(H,15,20)(H,18,19). The summed E-state index contributed by atoms with van der Waals surface area (Å²) < 4.78 is 0. The van der Waals surface area contributed by atoms with E-state index in [0.29, 0.717) is 0 Å². The van der Waals surface area contributed by atoms with Gasteiger partial charge in [-0.05, 0) is 19.1 Å². The summed E-state index contributed by atoms with van der Waals surface area (Å²) in [5.41, 5.74) is 0.263. The number of para-hydroxylation sites is 1. The summed E-state index contributed by atoms with van der Waals surface area (Å²) in [6.07, 6.45) is 0. The first kappa shape index (κ1) is 15.5. The Morgan fingerprint density at radius 3 is 2.40 bits per heavy atom. The van der Waals surface area contributed by atoms with Gasteiger partial charge in [-0.2, -0.15) is 0 Å². The maximum absolute atomic E-state index is 12.0. The second-order valence-electron chi connectivity index (χ2n) is 4.17. The van der Waals surface area contributed by atoms with Gasteiger partial charge in [0.2, 0.25) is 5.91 Å². The molecule has 20 heavy (non-hydrogen) atoms. The van der Waals surface area contributed by atoms with E-state index < -0.39 is 18.0 Å². The maximum Gasteiger partial charge on any atom is 0.337 e. The van der Waals surface area contributed by atoms with Crippen LogP contribution < -0.4 is 15.5 Å². The highest BCUT2D eigenvalue weighted by atomic mass is 16.4. The zero-order chi connectivity index (χ0) is 15.3. The fourth-order valence-electron chi connectivity index (χ4n) is 1.62. The highest BCUT2D eigenvalue weighted by Gasteiger charge is 2.21. The number of rotatable bonds is 4. The van der Waals surface area contributed by atoms with Gasteiger partial charge in [0.1, 0.15) is 6.04 Å². The van der Waals surface area contributed by atoms with E-state index in [-0.39, 0.29) is 17.2 Å². The minimum absolute atomic E-state index is 0.0118. The molecular weight excluding hydrogens is 262 g/mol. The minimum Gasteiger partial charge on any atom is -0.478 e. The summed E-state index contributed by atoms with van der Waals surface area (Å²) in [5.74, 6) is -1.46. The number of carboxylic acids is 1. The first-order valence-electron chi connectivity index (χ1n) is 5.96. The lowest BCUT2D eigenvalue weighted by Gasteiger charge is -2.22. The lowest BCUT2D eigenvalue weighted by molar-refractivity contribution is -0.122. The number of hydrogen-bond donors (Lipinski definition) is 3. The van der Waals surface area contributed by atoms with Crippen LogP contribution in [0, 0.1) is 0 Å².